The van der Waals surface area contributed by atoms with Crippen molar-refractivity contribution in [1.29, 1.82) is 0 Å². The van der Waals surface area contributed by atoms with Crippen LogP contribution in [0.1, 0.15) is 5.56 Å². The summed E-state index contributed by atoms with van der Waals surface area (Å²) >= 11 is 0. The highest BCUT2D eigenvalue weighted by molar-refractivity contribution is 6.09. The van der Waals surface area contributed by atoms with Crippen molar-refractivity contribution in [1.82, 2.24) is 30.5 Å². The Kier molecular flexibility index (Phi) is 4.69. The first-order valence-corrected chi connectivity index (χ1v) is 9.85. The van der Waals surface area contributed by atoms with E-state index in [1.807, 2.05) is 54.6 Å². The summed E-state index contributed by atoms with van der Waals surface area (Å²) in [6.45, 7) is 0.877. The predicted octanol–water partition coefficient (Wildman–Crippen LogP) is 3.33. The van der Waals surface area contributed by atoms with Gasteiger partial charge in [0.2, 0.25) is 11.7 Å². The van der Waals surface area contributed by atoms with Crippen LogP contribution in [0.25, 0.3) is 33.2 Å². The Morgan fingerprint density at radius 3 is 2.57 bits per heavy atom. The normalized spacial score (nSPS) is 11.2. The Balaban J connectivity index is 1.42. The number of hydrogen-bond donors (Lipinski definition) is 2. The molecule has 7 heteroatoms. The minimum Gasteiger partial charge on any atom is -0.354 e. The SMILES string of the molecule is O=C(Cn1c2ccccc2c2cc(-c3nn[nH]n3)ccc21)NCCc1ccccc1. The van der Waals surface area contributed by atoms with Crippen LogP contribution in [-0.2, 0) is 17.8 Å². The standard InChI is InChI=1S/C23H20N6O/c30-22(24-13-12-16-6-2-1-3-7-16)15-29-20-9-5-4-8-18(20)19-14-17(10-11-21(19)29)23-25-27-28-26-23/h1-11,14H,12-13,15H2,(H,24,30)(H,25,26,27,28). The second-order valence-corrected chi connectivity index (χ2v) is 7.16. The van der Waals surface area contributed by atoms with Gasteiger partial charge in [-0.25, -0.2) is 0 Å². The van der Waals surface area contributed by atoms with Crippen molar-refractivity contribution >= 4 is 27.7 Å². The third kappa shape index (κ3) is 3.41. The molecule has 0 atom stereocenters. The molecule has 0 spiro atoms. The van der Waals surface area contributed by atoms with E-state index in [-0.39, 0.29) is 12.5 Å². The molecule has 5 aromatic rings. The van der Waals surface area contributed by atoms with Crippen LogP contribution in [0.5, 0.6) is 0 Å². The number of carbonyl (C=O) groups excluding carboxylic acids is 1. The molecule has 2 N–H and O–H groups in total. The van der Waals surface area contributed by atoms with Crippen LogP contribution in [-0.4, -0.2) is 37.6 Å². The minimum absolute atomic E-state index is 0.00386. The lowest BCUT2D eigenvalue weighted by molar-refractivity contribution is -0.121. The average molecular weight is 396 g/mol. The van der Waals surface area contributed by atoms with Gasteiger partial charge < -0.3 is 9.88 Å². The number of fused-ring (bicyclic) bond motifs is 3. The van der Waals surface area contributed by atoms with Gasteiger partial charge in [0.05, 0.1) is 0 Å². The summed E-state index contributed by atoms with van der Waals surface area (Å²) in [4.78, 5) is 12.7. The second-order valence-electron chi connectivity index (χ2n) is 7.16. The first-order chi connectivity index (χ1) is 14.8. The number of nitrogens with zero attached hydrogens (tertiary/aromatic N) is 4. The molecular weight excluding hydrogens is 376 g/mol. The van der Waals surface area contributed by atoms with Crippen LogP contribution in [0.4, 0.5) is 0 Å². The van der Waals surface area contributed by atoms with Gasteiger partial charge in [0.1, 0.15) is 6.54 Å². The summed E-state index contributed by atoms with van der Waals surface area (Å²) in [6, 6.07) is 24.3. The van der Waals surface area contributed by atoms with E-state index in [0.29, 0.717) is 12.4 Å². The fourth-order valence-corrected chi connectivity index (χ4v) is 3.84. The molecule has 30 heavy (non-hydrogen) atoms. The molecule has 0 saturated carbocycles. The second kappa shape index (κ2) is 7.79. The van der Waals surface area contributed by atoms with Crippen LogP contribution < -0.4 is 5.32 Å². The summed E-state index contributed by atoms with van der Waals surface area (Å²) in [5, 5.41) is 19.5. The van der Waals surface area contributed by atoms with E-state index in [0.717, 1.165) is 33.8 Å². The summed E-state index contributed by atoms with van der Waals surface area (Å²) in [5.41, 5.74) is 4.12. The van der Waals surface area contributed by atoms with Crippen molar-refractivity contribution in [2.75, 3.05) is 6.54 Å². The van der Waals surface area contributed by atoms with Gasteiger partial charge in [0.25, 0.3) is 0 Å². The average Bonchev–Trinajstić information content (AvgIpc) is 3.42. The summed E-state index contributed by atoms with van der Waals surface area (Å²) < 4.78 is 2.06. The number of hydrogen-bond acceptors (Lipinski definition) is 4. The maximum Gasteiger partial charge on any atom is 0.239 e. The molecule has 2 heterocycles. The highest BCUT2D eigenvalue weighted by atomic mass is 16.1. The lowest BCUT2D eigenvalue weighted by Gasteiger charge is -2.09. The Labute approximate surface area is 172 Å². The summed E-state index contributed by atoms with van der Waals surface area (Å²) in [7, 11) is 0. The van der Waals surface area contributed by atoms with Gasteiger partial charge in [-0.15, -0.1) is 10.2 Å². The maximum absolute atomic E-state index is 12.7. The number of carbonyl (C=O) groups is 1. The Morgan fingerprint density at radius 1 is 0.933 bits per heavy atom. The quantitative estimate of drug-likeness (QED) is 0.461. The van der Waals surface area contributed by atoms with Crippen LogP contribution >= 0.6 is 0 Å². The fraction of sp³-hybridized carbons (Fsp3) is 0.130. The zero-order valence-corrected chi connectivity index (χ0v) is 16.2. The molecule has 0 saturated heterocycles. The van der Waals surface area contributed by atoms with Gasteiger partial charge in [-0.2, -0.15) is 5.21 Å². The molecule has 2 aromatic heterocycles. The van der Waals surface area contributed by atoms with Crippen LogP contribution in [0, 0.1) is 0 Å². The van der Waals surface area contributed by atoms with Crippen LogP contribution in [0.2, 0.25) is 0 Å². The Hall–Kier alpha value is -4.00. The zero-order valence-electron chi connectivity index (χ0n) is 16.2. The van der Waals surface area contributed by atoms with Crippen molar-refractivity contribution in [3.05, 3.63) is 78.4 Å². The first kappa shape index (κ1) is 18.1. The third-order valence-corrected chi connectivity index (χ3v) is 5.26. The van der Waals surface area contributed by atoms with Gasteiger partial charge in [0.15, 0.2) is 0 Å². The number of rotatable bonds is 6. The van der Waals surface area contributed by atoms with Gasteiger partial charge in [-0.05, 0) is 41.5 Å². The topological polar surface area (TPSA) is 88.5 Å². The van der Waals surface area contributed by atoms with Gasteiger partial charge >= 0.3 is 0 Å². The van der Waals surface area contributed by atoms with Gasteiger partial charge in [-0.1, -0.05) is 48.5 Å². The van der Waals surface area contributed by atoms with Gasteiger partial charge in [0, 0.05) is 33.9 Å². The number of aromatic amines is 1. The fourth-order valence-electron chi connectivity index (χ4n) is 3.84. The van der Waals surface area contributed by atoms with Crippen molar-refractivity contribution in [3.63, 3.8) is 0 Å². The molecule has 0 aliphatic rings. The Morgan fingerprint density at radius 2 is 1.73 bits per heavy atom. The molecule has 0 fully saturated rings. The summed E-state index contributed by atoms with van der Waals surface area (Å²) in [5.74, 6) is 0.545. The Bertz CT molecular complexity index is 1310. The number of aromatic nitrogens is 5. The molecule has 148 valence electrons. The third-order valence-electron chi connectivity index (χ3n) is 5.26. The molecule has 5 rings (SSSR count). The summed E-state index contributed by atoms with van der Waals surface area (Å²) in [6.07, 6.45) is 0.813. The van der Waals surface area contributed by atoms with Crippen molar-refractivity contribution in [2.24, 2.45) is 0 Å². The number of tetrazole rings is 1. The van der Waals surface area contributed by atoms with E-state index in [4.69, 9.17) is 0 Å². The van der Waals surface area contributed by atoms with E-state index >= 15 is 0 Å². The van der Waals surface area contributed by atoms with E-state index in [1.165, 1.54) is 5.56 Å². The molecule has 0 aliphatic heterocycles. The van der Waals surface area contributed by atoms with Gasteiger partial charge in [-0.3, -0.25) is 4.79 Å². The van der Waals surface area contributed by atoms with E-state index in [2.05, 4.69) is 48.7 Å². The minimum atomic E-state index is -0.00386. The van der Waals surface area contributed by atoms with E-state index in [9.17, 15) is 4.79 Å². The monoisotopic (exact) mass is 396 g/mol. The largest absolute Gasteiger partial charge is 0.354 e. The lowest BCUT2D eigenvalue weighted by Crippen LogP contribution is -2.29. The molecule has 3 aromatic carbocycles. The molecule has 0 unspecified atom stereocenters. The molecule has 1 amide bonds. The highest BCUT2D eigenvalue weighted by Gasteiger charge is 2.14. The number of amides is 1. The molecule has 0 bridgehead atoms. The maximum atomic E-state index is 12.7. The molecule has 7 nitrogen and oxygen atoms in total. The number of para-hydroxylation sites is 1. The van der Waals surface area contributed by atoms with Crippen molar-refractivity contribution < 1.29 is 4.79 Å². The number of benzene rings is 3. The van der Waals surface area contributed by atoms with Crippen molar-refractivity contribution in [3.8, 4) is 11.4 Å². The first-order valence-electron chi connectivity index (χ1n) is 9.85. The van der Waals surface area contributed by atoms with E-state index < -0.39 is 0 Å². The van der Waals surface area contributed by atoms with E-state index in [1.54, 1.807) is 0 Å². The number of H-pyrrole nitrogens is 1. The zero-order chi connectivity index (χ0) is 20.3. The van der Waals surface area contributed by atoms with Crippen molar-refractivity contribution in [2.45, 2.75) is 13.0 Å². The van der Waals surface area contributed by atoms with Crippen LogP contribution in [0.3, 0.4) is 0 Å². The molecule has 0 aliphatic carbocycles. The number of nitrogens with one attached hydrogen (secondary N) is 2. The van der Waals surface area contributed by atoms with Crippen LogP contribution in [0.15, 0.2) is 72.8 Å². The smallest absolute Gasteiger partial charge is 0.239 e. The highest BCUT2D eigenvalue weighted by Crippen LogP contribution is 2.31. The molecule has 0 radical (unpaired) electrons. The molecular formula is C23H20N6O. The predicted molar refractivity (Wildman–Crippen MR) is 116 cm³/mol. The lowest BCUT2D eigenvalue weighted by atomic mass is 10.1.